The standard InChI is InChI=1S/C13H17F2N/c1-9-3-2-4-16-13(9)7-10-5-11(14)8-12(15)6-10/h5-6,8-9,13,16H,2-4,7H2,1H3. The number of benzene rings is 1. The number of hydrogen-bond acceptors (Lipinski definition) is 1. The number of nitrogens with one attached hydrogen (secondary N) is 1. The molecule has 0 radical (unpaired) electrons. The predicted octanol–water partition coefficient (Wildman–Crippen LogP) is 2.90. The molecule has 2 atom stereocenters. The van der Waals surface area contributed by atoms with Crippen molar-refractivity contribution in [3.05, 3.63) is 35.4 Å². The van der Waals surface area contributed by atoms with Crippen molar-refractivity contribution in [3.8, 4) is 0 Å². The SMILES string of the molecule is CC1CCCNC1Cc1cc(F)cc(F)c1. The van der Waals surface area contributed by atoms with Crippen molar-refractivity contribution in [2.24, 2.45) is 5.92 Å². The van der Waals surface area contributed by atoms with Gasteiger partial charge < -0.3 is 5.32 Å². The normalized spacial score (nSPS) is 25.7. The van der Waals surface area contributed by atoms with Gasteiger partial charge in [-0.05, 0) is 49.4 Å². The van der Waals surface area contributed by atoms with E-state index in [9.17, 15) is 8.78 Å². The van der Waals surface area contributed by atoms with Crippen LogP contribution in [0.1, 0.15) is 25.3 Å². The molecule has 3 heteroatoms. The van der Waals surface area contributed by atoms with E-state index in [1.54, 1.807) is 0 Å². The third-order valence-electron chi connectivity index (χ3n) is 3.31. The average molecular weight is 225 g/mol. The fourth-order valence-electron chi connectivity index (χ4n) is 2.37. The van der Waals surface area contributed by atoms with Crippen molar-refractivity contribution in [1.82, 2.24) is 5.32 Å². The Hall–Kier alpha value is -0.960. The molecular weight excluding hydrogens is 208 g/mol. The summed E-state index contributed by atoms with van der Waals surface area (Å²) in [6, 6.07) is 4.11. The van der Waals surface area contributed by atoms with E-state index in [0.717, 1.165) is 18.2 Å². The summed E-state index contributed by atoms with van der Waals surface area (Å²) in [5.74, 6) is -0.406. The van der Waals surface area contributed by atoms with E-state index < -0.39 is 11.6 Å². The molecule has 1 fully saturated rings. The molecule has 1 nitrogen and oxygen atoms in total. The van der Waals surface area contributed by atoms with Crippen LogP contribution in [0, 0.1) is 17.6 Å². The maximum Gasteiger partial charge on any atom is 0.126 e. The van der Waals surface area contributed by atoms with Crippen molar-refractivity contribution in [1.29, 1.82) is 0 Å². The van der Waals surface area contributed by atoms with Gasteiger partial charge in [-0.3, -0.25) is 0 Å². The Kier molecular flexibility index (Phi) is 3.54. The summed E-state index contributed by atoms with van der Waals surface area (Å²) >= 11 is 0. The van der Waals surface area contributed by atoms with E-state index in [1.807, 2.05) is 0 Å². The zero-order chi connectivity index (χ0) is 11.5. The molecule has 0 amide bonds. The van der Waals surface area contributed by atoms with Crippen LogP contribution in [0.4, 0.5) is 8.78 Å². The van der Waals surface area contributed by atoms with E-state index in [0.29, 0.717) is 18.4 Å². The summed E-state index contributed by atoms with van der Waals surface area (Å²) in [5.41, 5.74) is 0.740. The van der Waals surface area contributed by atoms with E-state index >= 15 is 0 Å². The lowest BCUT2D eigenvalue weighted by Crippen LogP contribution is -2.41. The molecule has 1 saturated heterocycles. The molecule has 1 N–H and O–H groups in total. The second kappa shape index (κ2) is 4.91. The summed E-state index contributed by atoms with van der Waals surface area (Å²) in [6.07, 6.45) is 3.08. The first-order valence-electron chi connectivity index (χ1n) is 5.83. The van der Waals surface area contributed by atoms with Crippen LogP contribution in [0.2, 0.25) is 0 Å². The number of rotatable bonds is 2. The van der Waals surface area contributed by atoms with Crippen LogP contribution in [-0.4, -0.2) is 12.6 Å². The van der Waals surface area contributed by atoms with Crippen LogP contribution in [0.3, 0.4) is 0 Å². The summed E-state index contributed by atoms with van der Waals surface area (Å²) in [7, 11) is 0. The van der Waals surface area contributed by atoms with Gasteiger partial charge in [0, 0.05) is 12.1 Å². The van der Waals surface area contributed by atoms with Gasteiger partial charge in [0.05, 0.1) is 0 Å². The minimum absolute atomic E-state index is 0.343. The highest BCUT2D eigenvalue weighted by molar-refractivity contribution is 5.19. The Bertz CT molecular complexity index is 345. The van der Waals surface area contributed by atoms with Gasteiger partial charge in [-0.1, -0.05) is 6.92 Å². The van der Waals surface area contributed by atoms with E-state index in [1.165, 1.54) is 25.0 Å². The molecule has 0 saturated carbocycles. The van der Waals surface area contributed by atoms with Gasteiger partial charge in [0.25, 0.3) is 0 Å². The molecule has 0 bridgehead atoms. The average Bonchev–Trinajstić information content (AvgIpc) is 2.20. The van der Waals surface area contributed by atoms with Crippen LogP contribution >= 0.6 is 0 Å². The van der Waals surface area contributed by atoms with Gasteiger partial charge in [-0.2, -0.15) is 0 Å². The maximum absolute atomic E-state index is 13.0. The molecule has 0 aliphatic carbocycles. The molecule has 1 aromatic rings. The Balaban J connectivity index is 2.07. The van der Waals surface area contributed by atoms with Gasteiger partial charge >= 0.3 is 0 Å². The third kappa shape index (κ3) is 2.79. The summed E-state index contributed by atoms with van der Waals surface area (Å²) < 4.78 is 26.0. The van der Waals surface area contributed by atoms with Gasteiger partial charge in [0.15, 0.2) is 0 Å². The molecule has 0 aromatic heterocycles. The number of piperidine rings is 1. The minimum atomic E-state index is -0.488. The lowest BCUT2D eigenvalue weighted by Gasteiger charge is -2.30. The van der Waals surface area contributed by atoms with Gasteiger partial charge in [-0.25, -0.2) is 8.78 Å². The lowest BCUT2D eigenvalue weighted by atomic mass is 9.88. The van der Waals surface area contributed by atoms with Crippen LogP contribution in [0.5, 0.6) is 0 Å². The Morgan fingerprint density at radius 1 is 1.25 bits per heavy atom. The number of halogens is 2. The fourth-order valence-corrected chi connectivity index (χ4v) is 2.37. The van der Waals surface area contributed by atoms with E-state index in [2.05, 4.69) is 12.2 Å². The smallest absolute Gasteiger partial charge is 0.126 e. The second-order valence-corrected chi connectivity index (χ2v) is 4.66. The van der Waals surface area contributed by atoms with Gasteiger partial charge in [0.1, 0.15) is 11.6 Å². The topological polar surface area (TPSA) is 12.0 Å². The van der Waals surface area contributed by atoms with Crippen molar-refractivity contribution in [2.45, 2.75) is 32.2 Å². The minimum Gasteiger partial charge on any atom is -0.313 e. The Morgan fingerprint density at radius 2 is 1.94 bits per heavy atom. The van der Waals surface area contributed by atoms with Gasteiger partial charge in [-0.15, -0.1) is 0 Å². The summed E-state index contributed by atoms with van der Waals surface area (Å²) in [5, 5.41) is 3.41. The summed E-state index contributed by atoms with van der Waals surface area (Å²) in [4.78, 5) is 0. The van der Waals surface area contributed by atoms with Crippen LogP contribution in [0.25, 0.3) is 0 Å². The van der Waals surface area contributed by atoms with Crippen LogP contribution in [0.15, 0.2) is 18.2 Å². The molecule has 2 unspecified atom stereocenters. The quantitative estimate of drug-likeness (QED) is 0.816. The van der Waals surface area contributed by atoms with E-state index in [-0.39, 0.29) is 0 Å². The first-order chi connectivity index (χ1) is 7.65. The Morgan fingerprint density at radius 3 is 2.56 bits per heavy atom. The molecule has 16 heavy (non-hydrogen) atoms. The van der Waals surface area contributed by atoms with Crippen molar-refractivity contribution >= 4 is 0 Å². The molecular formula is C13H17F2N. The van der Waals surface area contributed by atoms with E-state index in [4.69, 9.17) is 0 Å². The van der Waals surface area contributed by atoms with Crippen LogP contribution in [-0.2, 0) is 6.42 Å². The third-order valence-corrected chi connectivity index (χ3v) is 3.31. The molecule has 1 aliphatic heterocycles. The molecule has 0 spiro atoms. The van der Waals surface area contributed by atoms with Crippen LogP contribution < -0.4 is 5.32 Å². The Labute approximate surface area is 94.9 Å². The molecule has 1 aliphatic rings. The highest BCUT2D eigenvalue weighted by atomic mass is 19.1. The van der Waals surface area contributed by atoms with Gasteiger partial charge in [0.2, 0.25) is 0 Å². The maximum atomic E-state index is 13.0. The second-order valence-electron chi connectivity index (χ2n) is 4.66. The van der Waals surface area contributed by atoms with Crippen molar-refractivity contribution in [2.75, 3.05) is 6.54 Å². The molecule has 1 aromatic carbocycles. The fraction of sp³-hybridized carbons (Fsp3) is 0.538. The number of hydrogen-bond donors (Lipinski definition) is 1. The first kappa shape index (κ1) is 11.5. The molecule has 88 valence electrons. The largest absolute Gasteiger partial charge is 0.313 e. The van der Waals surface area contributed by atoms with Crippen molar-refractivity contribution in [3.63, 3.8) is 0 Å². The molecule has 2 rings (SSSR count). The highest BCUT2D eigenvalue weighted by Gasteiger charge is 2.21. The highest BCUT2D eigenvalue weighted by Crippen LogP contribution is 2.20. The van der Waals surface area contributed by atoms with Crippen molar-refractivity contribution < 1.29 is 8.78 Å². The zero-order valence-electron chi connectivity index (χ0n) is 9.47. The molecule has 1 heterocycles. The lowest BCUT2D eigenvalue weighted by molar-refractivity contribution is 0.298. The zero-order valence-corrected chi connectivity index (χ0v) is 9.47. The predicted molar refractivity (Wildman–Crippen MR) is 60.3 cm³/mol. The summed E-state index contributed by atoms with van der Waals surface area (Å²) in [6.45, 7) is 3.19. The first-order valence-corrected chi connectivity index (χ1v) is 5.83. The monoisotopic (exact) mass is 225 g/mol.